The fraction of sp³-hybridized carbons (Fsp3) is 0. The fourth-order valence-electron chi connectivity index (χ4n) is 0. The Kier molecular flexibility index (Phi) is 23.0. The Morgan fingerprint density at radius 3 is 1.18 bits per heavy atom. The van der Waals surface area contributed by atoms with Crippen molar-refractivity contribution in [3.8, 4) is 0 Å². The Bertz CT molecular complexity index is 112. The first-order valence-corrected chi connectivity index (χ1v) is 2.10. The molecule has 0 atom stereocenters. The van der Waals surface area contributed by atoms with Crippen molar-refractivity contribution >= 4 is 18.9 Å². The number of carbonyl (C=O) groups excluding carboxylic acids is 3. The smallest absolute Gasteiger partial charge is 0.326 e. The molecule has 9 N–H and O–H groups in total. The van der Waals surface area contributed by atoms with Crippen LogP contribution < -0.4 is 28.5 Å². The lowest BCUT2D eigenvalue weighted by Crippen LogP contribution is -2.34. The number of amides is 4. The standard InChI is InChI=1S/CH5N3O.CH4N2O.CH2O/c2-1(5)4-3;2-1(3)4;1-2/h3H2,(H3,2,4,5);(H4,2,3,4);1H2. The molecular formula is C3H11N5O3. The van der Waals surface area contributed by atoms with Gasteiger partial charge in [0.2, 0.25) is 0 Å². The van der Waals surface area contributed by atoms with Crippen molar-refractivity contribution in [2.75, 3.05) is 0 Å². The highest BCUT2D eigenvalue weighted by molar-refractivity contribution is 5.70. The number of nitrogens with two attached hydrogens (primary N) is 4. The first-order chi connectivity index (χ1) is 5.00. The summed E-state index contributed by atoms with van der Waals surface area (Å²) in [6.45, 7) is 2.00. The third-order valence-electron chi connectivity index (χ3n) is 0.142. The second kappa shape index (κ2) is 15.7. The molecule has 0 fully saturated rings. The van der Waals surface area contributed by atoms with Crippen LogP contribution in [0.1, 0.15) is 0 Å². The number of hydrogen-bond donors (Lipinski definition) is 5. The van der Waals surface area contributed by atoms with Crippen molar-refractivity contribution in [2.24, 2.45) is 23.0 Å². The number of primary amides is 3. The van der Waals surface area contributed by atoms with Gasteiger partial charge in [0.25, 0.3) is 0 Å². The van der Waals surface area contributed by atoms with Crippen LogP contribution in [-0.2, 0) is 4.79 Å². The quantitative estimate of drug-likeness (QED) is 0.150. The summed E-state index contributed by atoms with van der Waals surface area (Å²) in [5.41, 5.74) is 14.6. The molecule has 0 aromatic carbocycles. The molecule has 66 valence electrons. The Hall–Kier alpha value is -1.83. The van der Waals surface area contributed by atoms with E-state index in [0.717, 1.165) is 0 Å². The zero-order chi connectivity index (χ0) is 9.86. The summed E-state index contributed by atoms with van der Waals surface area (Å²) in [5.74, 6) is 4.45. The molecule has 0 rings (SSSR count). The number of carbonyl (C=O) groups is 3. The molecule has 4 amide bonds. The van der Waals surface area contributed by atoms with E-state index in [9.17, 15) is 4.79 Å². The summed E-state index contributed by atoms with van der Waals surface area (Å²) in [5, 5.41) is 0. The number of rotatable bonds is 0. The van der Waals surface area contributed by atoms with Crippen LogP contribution in [0.3, 0.4) is 0 Å². The predicted octanol–water partition coefficient (Wildman–Crippen LogP) is -2.63. The minimum absolute atomic E-state index is 0.718. The second-order valence-electron chi connectivity index (χ2n) is 0.911. The van der Waals surface area contributed by atoms with Gasteiger partial charge in [-0.2, -0.15) is 0 Å². The molecule has 0 spiro atoms. The Morgan fingerprint density at radius 2 is 1.18 bits per heavy atom. The van der Waals surface area contributed by atoms with Crippen LogP contribution in [0.5, 0.6) is 0 Å². The van der Waals surface area contributed by atoms with E-state index in [-0.39, 0.29) is 0 Å². The van der Waals surface area contributed by atoms with E-state index >= 15 is 0 Å². The van der Waals surface area contributed by atoms with E-state index in [4.69, 9.17) is 9.59 Å². The highest BCUT2D eigenvalue weighted by atomic mass is 16.2. The van der Waals surface area contributed by atoms with Crippen LogP contribution in [0, 0.1) is 0 Å². The van der Waals surface area contributed by atoms with Gasteiger partial charge in [-0.05, 0) is 0 Å². The first kappa shape index (κ1) is 16.1. The largest absolute Gasteiger partial charge is 0.352 e. The summed E-state index contributed by atoms with van der Waals surface area (Å²) in [7, 11) is 0. The van der Waals surface area contributed by atoms with Crippen LogP contribution in [0.2, 0.25) is 0 Å². The maximum absolute atomic E-state index is 9.35. The Labute approximate surface area is 62.8 Å². The predicted molar refractivity (Wildman–Crippen MR) is 37.8 cm³/mol. The van der Waals surface area contributed by atoms with Crippen molar-refractivity contribution in [1.29, 1.82) is 0 Å². The highest BCUT2D eigenvalue weighted by Crippen LogP contribution is 1.34. The lowest BCUT2D eigenvalue weighted by Gasteiger charge is -1.81. The number of urea groups is 2. The molecule has 0 unspecified atom stereocenters. The molecule has 0 heterocycles. The zero-order valence-electron chi connectivity index (χ0n) is 5.74. The molecule has 8 nitrogen and oxygen atoms in total. The summed E-state index contributed by atoms with van der Waals surface area (Å²) < 4.78 is 0. The third-order valence-corrected chi connectivity index (χ3v) is 0.142. The average Bonchev–Trinajstić information content (AvgIpc) is 1.91. The molecule has 0 aliphatic rings. The van der Waals surface area contributed by atoms with Gasteiger partial charge in [0, 0.05) is 0 Å². The molecule has 0 saturated carbocycles. The van der Waals surface area contributed by atoms with Crippen LogP contribution in [-0.4, -0.2) is 18.9 Å². The van der Waals surface area contributed by atoms with Gasteiger partial charge in [-0.15, -0.1) is 0 Å². The number of hydrazine groups is 1. The lowest BCUT2D eigenvalue weighted by atomic mass is 11.2. The van der Waals surface area contributed by atoms with Crippen molar-refractivity contribution in [2.45, 2.75) is 0 Å². The van der Waals surface area contributed by atoms with Crippen LogP contribution in [0.4, 0.5) is 9.59 Å². The van der Waals surface area contributed by atoms with E-state index in [0.29, 0.717) is 0 Å². The van der Waals surface area contributed by atoms with Crippen molar-refractivity contribution in [3.05, 3.63) is 0 Å². The van der Waals surface area contributed by atoms with Gasteiger partial charge in [-0.3, -0.25) is 5.43 Å². The summed E-state index contributed by atoms with van der Waals surface area (Å²) in [6, 6.07) is -1.55. The van der Waals surface area contributed by atoms with E-state index in [1.165, 1.54) is 0 Å². The summed E-state index contributed by atoms with van der Waals surface area (Å²) in [6.07, 6.45) is 0. The Balaban J connectivity index is -0.0000000965. The van der Waals surface area contributed by atoms with Gasteiger partial charge < -0.3 is 22.0 Å². The summed E-state index contributed by atoms with van der Waals surface area (Å²) >= 11 is 0. The molecule has 11 heavy (non-hydrogen) atoms. The van der Waals surface area contributed by atoms with E-state index < -0.39 is 12.1 Å². The topological polar surface area (TPSA) is 167 Å². The molecule has 8 heteroatoms. The molecule has 0 aliphatic heterocycles. The summed E-state index contributed by atoms with van der Waals surface area (Å²) in [4.78, 5) is 26.4. The molecule has 0 radical (unpaired) electrons. The fourth-order valence-corrected chi connectivity index (χ4v) is 0. The second-order valence-corrected chi connectivity index (χ2v) is 0.911. The van der Waals surface area contributed by atoms with E-state index in [2.05, 4.69) is 23.0 Å². The number of hydrogen-bond acceptors (Lipinski definition) is 4. The van der Waals surface area contributed by atoms with Gasteiger partial charge in [0.15, 0.2) is 0 Å². The average molecular weight is 165 g/mol. The van der Waals surface area contributed by atoms with Gasteiger partial charge >= 0.3 is 12.1 Å². The van der Waals surface area contributed by atoms with Gasteiger partial charge in [-0.25, -0.2) is 15.4 Å². The van der Waals surface area contributed by atoms with Crippen LogP contribution in [0.25, 0.3) is 0 Å². The van der Waals surface area contributed by atoms with Crippen LogP contribution in [0.15, 0.2) is 0 Å². The first-order valence-electron chi connectivity index (χ1n) is 2.10. The lowest BCUT2D eigenvalue weighted by molar-refractivity contribution is -0.0979. The molecule has 0 aromatic heterocycles. The Morgan fingerprint density at radius 1 is 1.09 bits per heavy atom. The molecule has 0 aromatic rings. The van der Waals surface area contributed by atoms with Crippen molar-refractivity contribution in [3.63, 3.8) is 0 Å². The van der Waals surface area contributed by atoms with E-state index in [1.807, 2.05) is 6.79 Å². The molecule has 0 bridgehead atoms. The molecule has 0 aliphatic carbocycles. The molecular weight excluding hydrogens is 154 g/mol. The maximum atomic E-state index is 9.35. The SMILES string of the molecule is C=O.NC(N)=O.NNC(N)=O. The molecule has 0 saturated heterocycles. The maximum Gasteiger partial charge on any atom is 0.326 e. The third kappa shape index (κ3) is 10800. The normalized spacial score (nSPS) is 5.55. The van der Waals surface area contributed by atoms with Gasteiger partial charge in [0.1, 0.15) is 6.79 Å². The van der Waals surface area contributed by atoms with E-state index in [1.54, 1.807) is 5.43 Å². The monoisotopic (exact) mass is 165 g/mol. The van der Waals surface area contributed by atoms with Crippen LogP contribution >= 0.6 is 0 Å². The zero-order valence-corrected chi connectivity index (χ0v) is 5.74. The van der Waals surface area contributed by atoms with Gasteiger partial charge in [0.05, 0.1) is 0 Å². The highest BCUT2D eigenvalue weighted by Gasteiger charge is 1.73. The minimum atomic E-state index is -0.833. The van der Waals surface area contributed by atoms with Crippen molar-refractivity contribution < 1.29 is 14.4 Å². The van der Waals surface area contributed by atoms with Gasteiger partial charge in [-0.1, -0.05) is 0 Å². The minimum Gasteiger partial charge on any atom is -0.352 e. The van der Waals surface area contributed by atoms with Crippen molar-refractivity contribution in [1.82, 2.24) is 5.43 Å². The number of nitrogens with one attached hydrogen (secondary N) is 1.